The highest BCUT2D eigenvalue weighted by Crippen LogP contribution is 2.56. The molecule has 0 aromatic carbocycles. The Morgan fingerprint density at radius 1 is 1.78 bits per heavy atom. The molecule has 0 aromatic heterocycles. The van der Waals surface area contributed by atoms with Gasteiger partial charge in [-0.2, -0.15) is 5.26 Å². The molecule has 1 atom stereocenters. The summed E-state index contributed by atoms with van der Waals surface area (Å²) in [5.74, 6) is 0. The fourth-order valence-electron chi connectivity index (χ4n) is 0.567. The van der Waals surface area contributed by atoms with Crippen molar-refractivity contribution < 1.29 is 0 Å². The predicted octanol–water partition coefficient (Wildman–Crippen LogP) is 2.20. The van der Waals surface area contributed by atoms with E-state index in [1.807, 2.05) is 23.8 Å². The summed E-state index contributed by atoms with van der Waals surface area (Å²) in [6.07, 6.45) is 5.69. The average Bonchev–Trinajstić information content (AvgIpc) is 2.15. The summed E-state index contributed by atoms with van der Waals surface area (Å²) in [5, 5.41) is 12.8. The first kappa shape index (κ1) is 6.79. The van der Waals surface area contributed by atoms with Gasteiger partial charge >= 0.3 is 0 Å². The summed E-state index contributed by atoms with van der Waals surface area (Å²) in [4.78, 5) is 0. The molecule has 1 heterocycles. The van der Waals surface area contributed by atoms with Crippen molar-refractivity contribution in [3.63, 3.8) is 0 Å². The van der Waals surface area contributed by atoms with Crippen LogP contribution in [0.2, 0.25) is 0 Å². The second-order valence-corrected chi connectivity index (χ2v) is 5.55. The van der Waals surface area contributed by atoms with Gasteiger partial charge in [0.1, 0.15) is 5.40 Å². The van der Waals surface area contributed by atoms with Gasteiger partial charge in [-0.1, -0.05) is 6.08 Å². The van der Waals surface area contributed by atoms with Crippen molar-refractivity contribution in [3.05, 3.63) is 21.8 Å². The molecule has 0 aromatic rings. The first-order valence-corrected chi connectivity index (χ1v) is 5.01. The lowest BCUT2D eigenvalue weighted by Gasteiger charge is -2.18. The highest BCUT2D eigenvalue weighted by Gasteiger charge is 2.19. The maximum Gasteiger partial charge on any atom is 0.121 e. The molecule has 1 nitrogen and oxygen atoms in total. The monoisotopic (exact) mass is 157 g/mol. The van der Waals surface area contributed by atoms with Gasteiger partial charge in [0.05, 0.1) is 0 Å². The van der Waals surface area contributed by atoms with E-state index in [-0.39, 0.29) is 0 Å². The number of nitrogens with zero attached hydrogens (tertiary/aromatic N) is 1. The average molecular weight is 157 g/mol. The Hall–Kier alpha value is -0.330. The maximum absolute atomic E-state index is 8.64. The molecule has 0 fully saturated rings. The number of thiocyanates is 1. The molecular formula is C6H7NS2. The number of allylic oxidation sites excluding steroid dienone is 2. The van der Waals surface area contributed by atoms with E-state index in [0.29, 0.717) is 0 Å². The zero-order valence-electron chi connectivity index (χ0n) is 5.03. The van der Waals surface area contributed by atoms with Crippen molar-refractivity contribution >= 4 is 22.7 Å². The maximum atomic E-state index is 8.64. The SMILES string of the molecule is CS1(C#N)C=CC=C1S. The molecule has 1 aliphatic heterocycles. The zero-order chi connectivity index (χ0) is 6.91. The van der Waals surface area contributed by atoms with Gasteiger partial charge in [-0.25, -0.2) is 0 Å². The Morgan fingerprint density at radius 2 is 2.44 bits per heavy atom. The number of rotatable bonds is 0. The molecule has 1 unspecified atom stereocenters. The van der Waals surface area contributed by atoms with Gasteiger partial charge in [0.25, 0.3) is 0 Å². The Morgan fingerprint density at radius 3 is 2.67 bits per heavy atom. The number of hydrogen-bond donors (Lipinski definition) is 1. The lowest BCUT2D eigenvalue weighted by molar-refractivity contribution is 1.56. The minimum absolute atomic E-state index is 0.907. The predicted molar refractivity (Wildman–Crippen MR) is 45.3 cm³/mol. The molecule has 3 heteroatoms. The highest BCUT2D eigenvalue weighted by molar-refractivity contribution is 8.47. The second-order valence-electron chi connectivity index (χ2n) is 1.91. The molecule has 0 aliphatic carbocycles. The van der Waals surface area contributed by atoms with Crippen LogP contribution in [0.3, 0.4) is 0 Å². The third-order valence-corrected chi connectivity index (χ3v) is 4.59. The van der Waals surface area contributed by atoms with Crippen molar-refractivity contribution in [1.82, 2.24) is 0 Å². The van der Waals surface area contributed by atoms with E-state index in [1.54, 1.807) is 0 Å². The van der Waals surface area contributed by atoms with Gasteiger partial charge in [0.2, 0.25) is 0 Å². The summed E-state index contributed by atoms with van der Waals surface area (Å²) in [6, 6.07) is 0. The van der Waals surface area contributed by atoms with Crippen LogP contribution >= 0.6 is 22.7 Å². The third kappa shape index (κ3) is 1.00. The van der Waals surface area contributed by atoms with Crippen LogP contribution < -0.4 is 0 Å². The third-order valence-electron chi connectivity index (χ3n) is 1.21. The molecule has 0 N–H and O–H groups in total. The summed E-state index contributed by atoms with van der Waals surface area (Å²) in [5.41, 5.74) is 0. The lowest BCUT2D eigenvalue weighted by Crippen LogP contribution is -1.83. The Labute approximate surface area is 61.8 Å². The van der Waals surface area contributed by atoms with E-state index < -0.39 is 10.0 Å². The van der Waals surface area contributed by atoms with E-state index in [0.717, 1.165) is 4.24 Å². The van der Waals surface area contributed by atoms with Gasteiger partial charge in [0, 0.05) is 4.24 Å². The molecule has 0 saturated heterocycles. The van der Waals surface area contributed by atoms with Crippen LogP contribution in [0.4, 0.5) is 0 Å². The van der Waals surface area contributed by atoms with E-state index in [2.05, 4.69) is 18.0 Å². The minimum Gasteiger partial charge on any atom is -0.186 e. The van der Waals surface area contributed by atoms with Crippen molar-refractivity contribution in [3.8, 4) is 5.40 Å². The first-order valence-electron chi connectivity index (χ1n) is 2.45. The van der Waals surface area contributed by atoms with Crippen molar-refractivity contribution in [2.24, 2.45) is 0 Å². The topological polar surface area (TPSA) is 23.8 Å². The van der Waals surface area contributed by atoms with Crippen LogP contribution in [-0.2, 0) is 0 Å². The van der Waals surface area contributed by atoms with Gasteiger partial charge in [-0.05, 0) is 17.7 Å². The molecule has 1 aliphatic rings. The van der Waals surface area contributed by atoms with Crippen LogP contribution in [-0.4, -0.2) is 6.26 Å². The van der Waals surface area contributed by atoms with Crippen LogP contribution in [0.25, 0.3) is 0 Å². The minimum atomic E-state index is -1.27. The molecule has 48 valence electrons. The van der Waals surface area contributed by atoms with Gasteiger partial charge in [-0.15, -0.1) is 22.7 Å². The number of hydrogen-bond acceptors (Lipinski definition) is 2. The fraction of sp³-hybridized carbons (Fsp3) is 0.167. The molecule has 0 radical (unpaired) electrons. The van der Waals surface area contributed by atoms with E-state index in [9.17, 15) is 0 Å². The Balaban J connectivity index is 2.99. The normalized spacial score (nSPS) is 39.0. The smallest absolute Gasteiger partial charge is 0.121 e. The summed E-state index contributed by atoms with van der Waals surface area (Å²) in [6.45, 7) is 0. The molecule has 0 bridgehead atoms. The van der Waals surface area contributed by atoms with Gasteiger partial charge in [0.15, 0.2) is 0 Å². The standard InChI is InChI=1S/C6H7NS2/c1-9(5-7)4-2-3-6(9)8/h2-4,8H,1H3. The summed E-state index contributed by atoms with van der Waals surface area (Å²) >= 11 is 4.17. The molecule has 1 rings (SSSR count). The van der Waals surface area contributed by atoms with E-state index in [4.69, 9.17) is 5.26 Å². The Bertz CT molecular complexity index is 224. The largest absolute Gasteiger partial charge is 0.186 e. The molecule has 9 heavy (non-hydrogen) atoms. The van der Waals surface area contributed by atoms with Crippen LogP contribution in [0, 0.1) is 10.7 Å². The fourth-order valence-corrected chi connectivity index (χ4v) is 2.01. The van der Waals surface area contributed by atoms with Crippen LogP contribution in [0.5, 0.6) is 0 Å². The second kappa shape index (κ2) is 2.13. The molecule has 0 spiro atoms. The van der Waals surface area contributed by atoms with Crippen molar-refractivity contribution in [1.29, 1.82) is 5.26 Å². The number of thiol groups is 1. The summed E-state index contributed by atoms with van der Waals surface area (Å²) < 4.78 is 0.907. The van der Waals surface area contributed by atoms with E-state index >= 15 is 0 Å². The number of nitriles is 1. The molecule has 0 saturated carbocycles. The van der Waals surface area contributed by atoms with Crippen molar-refractivity contribution in [2.75, 3.05) is 6.26 Å². The molecular weight excluding hydrogens is 150 g/mol. The van der Waals surface area contributed by atoms with Crippen LogP contribution in [0.15, 0.2) is 21.8 Å². The highest BCUT2D eigenvalue weighted by atomic mass is 32.3. The molecule has 0 amide bonds. The van der Waals surface area contributed by atoms with Crippen LogP contribution in [0.1, 0.15) is 0 Å². The van der Waals surface area contributed by atoms with E-state index in [1.165, 1.54) is 0 Å². The van der Waals surface area contributed by atoms with Gasteiger partial charge < -0.3 is 0 Å². The zero-order valence-corrected chi connectivity index (χ0v) is 6.75. The first-order chi connectivity index (χ1) is 4.19. The quantitative estimate of drug-likeness (QED) is 0.423. The lowest BCUT2D eigenvalue weighted by atomic mass is 10.6. The van der Waals surface area contributed by atoms with Crippen molar-refractivity contribution in [2.45, 2.75) is 0 Å². The summed E-state index contributed by atoms with van der Waals surface area (Å²) in [7, 11) is -1.27. The van der Waals surface area contributed by atoms with Gasteiger partial charge in [-0.3, -0.25) is 0 Å². The Kier molecular flexibility index (Phi) is 1.60.